The average molecular weight is 286 g/mol. The molecule has 20 heavy (non-hydrogen) atoms. The Morgan fingerprint density at radius 3 is 2.75 bits per heavy atom. The molecule has 1 rings (SSSR count). The summed E-state index contributed by atoms with van der Waals surface area (Å²) >= 11 is 0. The van der Waals surface area contributed by atoms with Crippen LogP contribution < -0.4 is 5.32 Å². The van der Waals surface area contributed by atoms with Crippen molar-refractivity contribution in [3.63, 3.8) is 0 Å². The van der Waals surface area contributed by atoms with Crippen LogP contribution in [0.2, 0.25) is 0 Å². The molecule has 1 N–H and O–H groups in total. The van der Waals surface area contributed by atoms with Crippen LogP contribution in [0.4, 0.5) is 0 Å². The van der Waals surface area contributed by atoms with E-state index < -0.39 is 5.41 Å². The Balaban J connectivity index is 2.49. The van der Waals surface area contributed by atoms with Crippen molar-refractivity contribution in [3.8, 4) is 0 Å². The minimum atomic E-state index is -0.448. The predicted octanol–water partition coefficient (Wildman–Crippen LogP) is 1.28. The molecule has 5 heteroatoms. The molecule has 0 aromatic rings. The molecule has 1 fully saturated rings. The fourth-order valence-electron chi connectivity index (χ4n) is 2.79. The maximum atomic E-state index is 11.8. The van der Waals surface area contributed by atoms with Crippen LogP contribution in [-0.4, -0.2) is 63.9 Å². The number of hydrogen-bond donors (Lipinski definition) is 1. The number of piperidine rings is 1. The summed E-state index contributed by atoms with van der Waals surface area (Å²) in [4.78, 5) is 14.3. The van der Waals surface area contributed by atoms with E-state index in [4.69, 9.17) is 9.47 Å². The Hall–Kier alpha value is -0.650. The first-order valence-corrected chi connectivity index (χ1v) is 7.53. The van der Waals surface area contributed by atoms with Gasteiger partial charge >= 0.3 is 5.97 Å². The van der Waals surface area contributed by atoms with E-state index in [9.17, 15) is 4.79 Å². The summed E-state index contributed by atoms with van der Waals surface area (Å²) in [7, 11) is 3.18. The summed E-state index contributed by atoms with van der Waals surface area (Å²) in [6, 6.07) is 0.504. The molecule has 1 atom stereocenters. The number of esters is 1. The maximum absolute atomic E-state index is 11.8. The van der Waals surface area contributed by atoms with Gasteiger partial charge in [-0.25, -0.2) is 0 Å². The van der Waals surface area contributed by atoms with Gasteiger partial charge < -0.3 is 14.8 Å². The lowest BCUT2D eigenvalue weighted by Crippen LogP contribution is -2.50. The average Bonchev–Trinajstić information content (AvgIpc) is 2.44. The van der Waals surface area contributed by atoms with Crippen molar-refractivity contribution in [2.75, 3.05) is 47.0 Å². The first-order valence-electron chi connectivity index (χ1n) is 7.53. The van der Waals surface area contributed by atoms with E-state index in [0.717, 1.165) is 32.8 Å². The fourth-order valence-corrected chi connectivity index (χ4v) is 2.79. The molecule has 1 aliphatic heterocycles. The number of methoxy groups -OCH3 is 2. The molecule has 0 saturated carbocycles. The van der Waals surface area contributed by atoms with Crippen molar-refractivity contribution >= 4 is 5.97 Å². The van der Waals surface area contributed by atoms with Crippen LogP contribution in [0, 0.1) is 5.41 Å². The summed E-state index contributed by atoms with van der Waals surface area (Å²) in [5.74, 6) is -0.130. The van der Waals surface area contributed by atoms with Gasteiger partial charge in [0.15, 0.2) is 0 Å². The SMILES string of the molecule is COCCNCC1CCCCN1CC(C)(C)C(=O)OC. The minimum absolute atomic E-state index is 0.130. The summed E-state index contributed by atoms with van der Waals surface area (Å²) in [5, 5.41) is 3.43. The molecule has 1 aliphatic rings. The second kappa shape index (κ2) is 8.60. The third-order valence-electron chi connectivity index (χ3n) is 3.95. The lowest BCUT2D eigenvalue weighted by atomic mass is 9.90. The van der Waals surface area contributed by atoms with Gasteiger partial charge in [-0.2, -0.15) is 0 Å². The van der Waals surface area contributed by atoms with Crippen LogP contribution in [0.1, 0.15) is 33.1 Å². The maximum Gasteiger partial charge on any atom is 0.312 e. The molecule has 0 radical (unpaired) electrons. The van der Waals surface area contributed by atoms with Crippen molar-refractivity contribution in [3.05, 3.63) is 0 Å². The summed E-state index contributed by atoms with van der Waals surface area (Å²) < 4.78 is 9.95. The van der Waals surface area contributed by atoms with Crippen molar-refractivity contribution in [2.24, 2.45) is 5.41 Å². The second-order valence-corrected chi connectivity index (χ2v) is 6.19. The van der Waals surface area contributed by atoms with Crippen molar-refractivity contribution in [2.45, 2.75) is 39.2 Å². The smallest absolute Gasteiger partial charge is 0.312 e. The van der Waals surface area contributed by atoms with Crippen LogP contribution in [0.5, 0.6) is 0 Å². The summed E-state index contributed by atoms with van der Waals surface area (Å²) in [6.45, 7) is 8.32. The molecule has 0 bridgehead atoms. The third-order valence-corrected chi connectivity index (χ3v) is 3.95. The van der Waals surface area contributed by atoms with Gasteiger partial charge in [0, 0.05) is 32.8 Å². The molecule has 0 spiro atoms. The van der Waals surface area contributed by atoms with Crippen LogP contribution in [0.15, 0.2) is 0 Å². The van der Waals surface area contributed by atoms with E-state index >= 15 is 0 Å². The lowest BCUT2D eigenvalue weighted by molar-refractivity contribution is -0.152. The summed E-state index contributed by atoms with van der Waals surface area (Å²) in [5.41, 5.74) is -0.448. The number of hydrogen-bond acceptors (Lipinski definition) is 5. The highest BCUT2D eigenvalue weighted by molar-refractivity contribution is 5.76. The third kappa shape index (κ3) is 5.38. The van der Waals surface area contributed by atoms with Crippen LogP contribution in [0.25, 0.3) is 0 Å². The normalized spacial score (nSPS) is 20.9. The molecule has 0 aromatic carbocycles. The number of nitrogens with zero attached hydrogens (tertiary/aromatic N) is 1. The van der Waals surface area contributed by atoms with Crippen molar-refractivity contribution in [1.82, 2.24) is 10.2 Å². The zero-order chi connectivity index (χ0) is 15.0. The van der Waals surface area contributed by atoms with Crippen molar-refractivity contribution in [1.29, 1.82) is 0 Å². The molecule has 0 aromatic heterocycles. The zero-order valence-corrected chi connectivity index (χ0v) is 13.4. The largest absolute Gasteiger partial charge is 0.469 e. The molecular weight excluding hydrogens is 256 g/mol. The lowest BCUT2D eigenvalue weighted by Gasteiger charge is -2.39. The highest BCUT2D eigenvalue weighted by atomic mass is 16.5. The number of carbonyl (C=O) groups is 1. The Morgan fingerprint density at radius 2 is 2.10 bits per heavy atom. The van der Waals surface area contributed by atoms with E-state index in [1.54, 1.807) is 7.11 Å². The number of likely N-dealkylation sites (tertiary alicyclic amines) is 1. The molecule has 118 valence electrons. The van der Waals surface area contributed by atoms with E-state index in [1.807, 2.05) is 13.8 Å². The van der Waals surface area contributed by atoms with Gasteiger partial charge in [0.1, 0.15) is 0 Å². The van der Waals surface area contributed by atoms with E-state index in [-0.39, 0.29) is 5.97 Å². The molecule has 1 unspecified atom stereocenters. The first kappa shape index (κ1) is 17.4. The molecule has 0 amide bonds. The number of ether oxygens (including phenoxy) is 2. The topological polar surface area (TPSA) is 50.8 Å². The van der Waals surface area contributed by atoms with E-state index in [2.05, 4.69) is 10.2 Å². The highest BCUT2D eigenvalue weighted by Gasteiger charge is 2.34. The zero-order valence-electron chi connectivity index (χ0n) is 13.4. The fraction of sp³-hybridized carbons (Fsp3) is 0.933. The number of nitrogens with one attached hydrogen (secondary N) is 1. The van der Waals surface area contributed by atoms with Crippen molar-refractivity contribution < 1.29 is 14.3 Å². The van der Waals surface area contributed by atoms with Gasteiger partial charge in [-0.1, -0.05) is 6.42 Å². The van der Waals surface area contributed by atoms with Crippen LogP contribution in [0.3, 0.4) is 0 Å². The highest BCUT2D eigenvalue weighted by Crippen LogP contribution is 2.24. The van der Waals surface area contributed by atoms with Crippen LogP contribution >= 0.6 is 0 Å². The molecule has 0 aliphatic carbocycles. The van der Waals surface area contributed by atoms with Gasteiger partial charge in [0.05, 0.1) is 19.1 Å². The van der Waals surface area contributed by atoms with Gasteiger partial charge in [-0.15, -0.1) is 0 Å². The Kier molecular flexibility index (Phi) is 7.48. The van der Waals surface area contributed by atoms with Gasteiger partial charge in [-0.3, -0.25) is 9.69 Å². The van der Waals surface area contributed by atoms with E-state index in [1.165, 1.54) is 26.4 Å². The Bertz CT molecular complexity index is 295. The van der Waals surface area contributed by atoms with Gasteiger partial charge in [0.2, 0.25) is 0 Å². The molecule has 5 nitrogen and oxygen atoms in total. The number of rotatable bonds is 8. The van der Waals surface area contributed by atoms with Gasteiger partial charge in [0.25, 0.3) is 0 Å². The minimum Gasteiger partial charge on any atom is -0.469 e. The Labute approximate surface area is 123 Å². The quantitative estimate of drug-likeness (QED) is 0.538. The molecular formula is C15H30N2O3. The first-order chi connectivity index (χ1) is 9.51. The Morgan fingerprint density at radius 1 is 1.35 bits per heavy atom. The van der Waals surface area contributed by atoms with Gasteiger partial charge in [-0.05, 0) is 33.2 Å². The molecule has 1 heterocycles. The second-order valence-electron chi connectivity index (χ2n) is 6.19. The monoisotopic (exact) mass is 286 g/mol. The summed E-state index contributed by atoms with van der Waals surface area (Å²) in [6.07, 6.45) is 3.68. The van der Waals surface area contributed by atoms with E-state index in [0.29, 0.717) is 6.04 Å². The van der Waals surface area contributed by atoms with Crippen LogP contribution in [-0.2, 0) is 14.3 Å². The predicted molar refractivity (Wildman–Crippen MR) is 79.8 cm³/mol. The molecule has 1 saturated heterocycles. The standard InChI is InChI=1S/C15H30N2O3/c1-15(2,14(18)20-4)12-17-9-6-5-7-13(17)11-16-8-10-19-3/h13,16H,5-12H2,1-4H3. The number of carbonyl (C=O) groups excluding carboxylic acids is 1.